The van der Waals surface area contributed by atoms with Crippen molar-refractivity contribution >= 4 is 11.8 Å². The van der Waals surface area contributed by atoms with E-state index >= 15 is 0 Å². The molecule has 3 atom stereocenters. The molecule has 4 nitrogen and oxygen atoms in total. The summed E-state index contributed by atoms with van der Waals surface area (Å²) in [5, 5.41) is 0. The number of hydrogen-bond donors (Lipinski definition) is 0. The normalized spacial score (nSPS) is 28.0. The largest absolute Gasteiger partial charge is 0.323 e. The number of carbonyl (C=O) groups excluding carboxylic acids is 2. The summed E-state index contributed by atoms with van der Waals surface area (Å²) < 4.78 is 0. The van der Waals surface area contributed by atoms with E-state index in [1.165, 1.54) is 0 Å². The highest BCUT2D eigenvalue weighted by molar-refractivity contribution is 6.03. The van der Waals surface area contributed by atoms with Gasteiger partial charge in [-0.2, -0.15) is 0 Å². The molecule has 2 amide bonds. The summed E-state index contributed by atoms with van der Waals surface area (Å²) in [6.07, 6.45) is 0.655. The third-order valence-electron chi connectivity index (χ3n) is 4.95. The Morgan fingerprint density at radius 1 is 1.14 bits per heavy atom. The molecular weight excluding hydrogens is 276 g/mol. The molecule has 0 aromatic heterocycles. The van der Waals surface area contributed by atoms with Gasteiger partial charge in [0.05, 0.1) is 0 Å². The second kappa shape index (κ2) is 4.83. The molecule has 0 radical (unpaired) electrons. The van der Waals surface area contributed by atoms with Crippen LogP contribution in [0.4, 0.5) is 0 Å². The highest BCUT2D eigenvalue weighted by atomic mass is 16.2. The molecule has 118 valence electrons. The van der Waals surface area contributed by atoms with Gasteiger partial charge in [-0.15, -0.1) is 0 Å². The van der Waals surface area contributed by atoms with E-state index in [1.807, 2.05) is 36.2 Å². The van der Waals surface area contributed by atoms with Crippen LogP contribution in [0, 0.1) is 5.41 Å². The van der Waals surface area contributed by atoms with Gasteiger partial charge in [0.2, 0.25) is 5.91 Å². The van der Waals surface area contributed by atoms with Crippen molar-refractivity contribution < 1.29 is 9.59 Å². The van der Waals surface area contributed by atoms with Crippen LogP contribution in [0.25, 0.3) is 0 Å². The third kappa shape index (κ3) is 1.89. The van der Waals surface area contributed by atoms with Gasteiger partial charge >= 0.3 is 0 Å². The Kier molecular flexibility index (Phi) is 3.31. The summed E-state index contributed by atoms with van der Waals surface area (Å²) in [7, 11) is 1.82. The zero-order chi connectivity index (χ0) is 16.2. The molecule has 1 fully saturated rings. The lowest BCUT2D eigenvalue weighted by Gasteiger charge is -2.42. The number of carbonyl (C=O) groups is 2. The molecule has 4 heteroatoms. The molecular formula is C18H24N2O2. The summed E-state index contributed by atoms with van der Waals surface area (Å²) in [5.74, 6) is 0.133. The van der Waals surface area contributed by atoms with Gasteiger partial charge in [0, 0.05) is 23.9 Å². The fourth-order valence-corrected chi connectivity index (χ4v) is 4.16. The van der Waals surface area contributed by atoms with Crippen molar-refractivity contribution in [2.75, 3.05) is 7.05 Å². The summed E-state index contributed by atoms with van der Waals surface area (Å²) in [6, 6.07) is 7.38. The van der Waals surface area contributed by atoms with Gasteiger partial charge in [0.15, 0.2) is 0 Å². The topological polar surface area (TPSA) is 40.6 Å². The van der Waals surface area contributed by atoms with E-state index in [-0.39, 0.29) is 35.4 Å². The van der Waals surface area contributed by atoms with Crippen LogP contribution in [0.1, 0.15) is 56.0 Å². The molecule has 22 heavy (non-hydrogen) atoms. The summed E-state index contributed by atoms with van der Waals surface area (Å²) >= 11 is 0. The zero-order valence-electron chi connectivity index (χ0n) is 14.0. The first-order valence-electron chi connectivity index (χ1n) is 7.97. The molecule has 0 bridgehead atoms. The number of rotatable bonds is 1. The molecule has 2 aliphatic rings. The zero-order valence-corrected chi connectivity index (χ0v) is 14.0. The Morgan fingerprint density at radius 3 is 2.36 bits per heavy atom. The smallest absolute Gasteiger partial charge is 0.256 e. The fraction of sp³-hybridized carbons (Fsp3) is 0.556. The predicted octanol–water partition coefficient (Wildman–Crippen LogP) is 2.85. The van der Waals surface area contributed by atoms with Crippen molar-refractivity contribution in [2.24, 2.45) is 5.41 Å². The van der Waals surface area contributed by atoms with Crippen LogP contribution in [-0.4, -0.2) is 40.9 Å². The second-order valence-corrected chi connectivity index (χ2v) is 7.45. The lowest BCUT2D eigenvalue weighted by molar-refractivity contribution is -0.130. The lowest BCUT2D eigenvalue weighted by atomic mass is 9.80. The van der Waals surface area contributed by atoms with Crippen molar-refractivity contribution in [1.82, 2.24) is 9.80 Å². The highest BCUT2D eigenvalue weighted by Crippen LogP contribution is 2.44. The van der Waals surface area contributed by atoms with Crippen LogP contribution in [-0.2, 0) is 4.79 Å². The van der Waals surface area contributed by atoms with E-state index in [1.54, 1.807) is 4.90 Å². The molecule has 1 saturated heterocycles. The van der Waals surface area contributed by atoms with Gasteiger partial charge in [-0.1, -0.05) is 45.9 Å². The van der Waals surface area contributed by atoms with E-state index in [2.05, 4.69) is 27.7 Å². The SMILES string of the molecule is CC[C@@H]1c2ccccc2C(=O)N2[C@@H]1C(=O)N(C)[C@@H]2C(C)(C)C. The van der Waals surface area contributed by atoms with Gasteiger partial charge in [0.25, 0.3) is 5.91 Å². The number of likely N-dealkylation sites (N-methyl/N-ethyl adjacent to an activating group) is 1. The average molecular weight is 300 g/mol. The number of amides is 2. The number of nitrogens with zero attached hydrogens (tertiary/aromatic N) is 2. The molecule has 1 aromatic rings. The van der Waals surface area contributed by atoms with Crippen molar-refractivity contribution in [1.29, 1.82) is 0 Å². The van der Waals surface area contributed by atoms with Gasteiger partial charge in [-0.05, 0) is 18.1 Å². The van der Waals surface area contributed by atoms with Crippen molar-refractivity contribution in [2.45, 2.75) is 52.2 Å². The Balaban J connectivity index is 2.19. The standard InChI is InChI=1S/C18H24N2O2/c1-6-11-12-9-7-8-10-13(12)15(21)20-14(11)16(22)19(5)17(20)18(2,3)4/h7-11,14,17H,6H2,1-5H3/t11-,14+,17+/m1/s1. The average Bonchev–Trinajstić information content (AvgIpc) is 2.73. The number of hydrogen-bond acceptors (Lipinski definition) is 2. The van der Waals surface area contributed by atoms with Gasteiger partial charge in [-0.3, -0.25) is 9.59 Å². The molecule has 0 saturated carbocycles. The molecule has 0 spiro atoms. The first-order valence-corrected chi connectivity index (χ1v) is 7.97. The third-order valence-corrected chi connectivity index (χ3v) is 4.95. The van der Waals surface area contributed by atoms with Gasteiger partial charge < -0.3 is 9.80 Å². The van der Waals surface area contributed by atoms with E-state index in [0.717, 1.165) is 17.5 Å². The Bertz CT molecular complexity index is 632. The molecule has 2 heterocycles. The molecule has 0 aliphatic carbocycles. The van der Waals surface area contributed by atoms with Crippen LogP contribution in [0.15, 0.2) is 24.3 Å². The van der Waals surface area contributed by atoms with Gasteiger partial charge in [0.1, 0.15) is 12.2 Å². The molecule has 0 unspecified atom stereocenters. The van der Waals surface area contributed by atoms with E-state index in [9.17, 15) is 9.59 Å². The quantitative estimate of drug-likeness (QED) is 0.800. The monoisotopic (exact) mass is 300 g/mol. The number of benzene rings is 1. The minimum atomic E-state index is -0.360. The maximum atomic E-state index is 13.1. The summed E-state index contributed by atoms with van der Waals surface area (Å²) in [6.45, 7) is 8.34. The first kappa shape index (κ1) is 15.1. The minimum absolute atomic E-state index is 0.0112. The van der Waals surface area contributed by atoms with Crippen molar-refractivity contribution in [3.63, 3.8) is 0 Å². The summed E-state index contributed by atoms with van der Waals surface area (Å²) in [4.78, 5) is 29.5. The van der Waals surface area contributed by atoms with Crippen LogP contribution in [0.2, 0.25) is 0 Å². The van der Waals surface area contributed by atoms with Crippen LogP contribution in [0.3, 0.4) is 0 Å². The highest BCUT2D eigenvalue weighted by Gasteiger charge is 2.56. The van der Waals surface area contributed by atoms with Crippen LogP contribution in [0.5, 0.6) is 0 Å². The maximum absolute atomic E-state index is 13.1. The van der Waals surface area contributed by atoms with Crippen LogP contribution >= 0.6 is 0 Å². The molecule has 2 aliphatic heterocycles. The second-order valence-electron chi connectivity index (χ2n) is 7.45. The number of fused-ring (bicyclic) bond motifs is 2. The molecule has 3 rings (SSSR count). The first-order chi connectivity index (χ1) is 10.3. The minimum Gasteiger partial charge on any atom is -0.323 e. The van der Waals surface area contributed by atoms with Gasteiger partial charge in [-0.25, -0.2) is 0 Å². The maximum Gasteiger partial charge on any atom is 0.256 e. The van der Waals surface area contributed by atoms with Crippen molar-refractivity contribution in [3.05, 3.63) is 35.4 Å². The fourth-order valence-electron chi connectivity index (χ4n) is 4.16. The molecule has 0 N–H and O–H groups in total. The van der Waals surface area contributed by atoms with Crippen molar-refractivity contribution in [3.8, 4) is 0 Å². The Hall–Kier alpha value is -1.84. The van der Waals surface area contributed by atoms with E-state index < -0.39 is 0 Å². The van der Waals surface area contributed by atoms with Crippen LogP contribution < -0.4 is 0 Å². The Morgan fingerprint density at radius 2 is 1.77 bits per heavy atom. The van der Waals surface area contributed by atoms with E-state index in [4.69, 9.17) is 0 Å². The Labute approximate surface area is 132 Å². The summed E-state index contributed by atoms with van der Waals surface area (Å²) in [5.41, 5.74) is 1.59. The lowest BCUT2D eigenvalue weighted by Crippen LogP contribution is -2.54. The predicted molar refractivity (Wildman–Crippen MR) is 85.4 cm³/mol. The molecule has 1 aromatic carbocycles. The van der Waals surface area contributed by atoms with E-state index in [0.29, 0.717) is 0 Å².